The molecule has 0 unspecified atom stereocenters. The highest BCUT2D eigenvalue weighted by Crippen LogP contribution is 2.44. The van der Waals surface area contributed by atoms with Crippen LogP contribution in [0.2, 0.25) is 0 Å². The predicted octanol–water partition coefficient (Wildman–Crippen LogP) is 3.26. The Hall–Kier alpha value is -5.78. The fraction of sp³-hybridized carbons (Fsp3) is 0.0714. The lowest BCUT2D eigenvalue weighted by Gasteiger charge is -2.17. The van der Waals surface area contributed by atoms with Crippen LogP contribution in [-0.2, 0) is 0 Å². The minimum atomic E-state index is -1.23. The molecule has 0 amide bonds. The molecule has 2 heterocycles. The quantitative estimate of drug-likeness (QED) is 0.231. The molecule has 0 atom stereocenters. The first-order valence-corrected chi connectivity index (χ1v) is 11.6. The molecule has 2 aromatic carbocycles. The number of carbonyl (C=O) groups excluding carboxylic acids is 4. The summed E-state index contributed by atoms with van der Waals surface area (Å²) < 4.78 is 1.83. The second-order valence-corrected chi connectivity index (χ2v) is 8.99. The topological polar surface area (TPSA) is 193 Å². The van der Waals surface area contributed by atoms with E-state index in [2.05, 4.69) is 0 Å². The van der Waals surface area contributed by atoms with E-state index >= 15 is 0 Å². The van der Waals surface area contributed by atoms with E-state index in [0.717, 1.165) is 23.0 Å². The van der Waals surface area contributed by atoms with Gasteiger partial charge in [-0.2, -0.15) is 0 Å². The Morgan fingerprint density at radius 3 is 1.12 bits per heavy atom. The molecule has 200 valence electrons. The number of Topliss-reactive ketones (excluding diaryl/α,β-unsaturated/α-hetero) is 2. The summed E-state index contributed by atoms with van der Waals surface area (Å²) >= 11 is 0. The lowest BCUT2D eigenvalue weighted by Crippen LogP contribution is -2.26. The third-order valence-corrected chi connectivity index (χ3v) is 6.62. The number of carbonyl (C=O) groups is 6. The summed E-state index contributed by atoms with van der Waals surface area (Å²) in [4.78, 5) is 75.9. The predicted molar refractivity (Wildman–Crippen MR) is 136 cm³/mol. The van der Waals surface area contributed by atoms with Gasteiger partial charge in [0.15, 0.2) is 11.6 Å². The summed E-state index contributed by atoms with van der Waals surface area (Å²) in [5.41, 5.74) is -2.93. The number of rotatable bonds is 6. The highest BCUT2D eigenvalue weighted by Gasteiger charge is 2.45. The zero-order valence-electron chi connectivity index (χ0n) is 20.8. The lowest BCUT2D eigenvalue weighted by atomic mass is 9.87. The van der Waals surface area contributed by atoms with Crippen LogP contribution in [0.3, 0.4) is 0 Å². The summed E-state index contributed by atoms with van der Waals surface area (Å²) in [5, 5.41) is 40.6. The number of carboxylic acids is 2. The number of benzene rings is 2. The van der Waals surface area contributed by atoms with Gasteiger partial charge in [0.2, 0.25) is 23.3 Å². The summed E-state index contributed by atoms with van der Waals surface area (Å²) in [6, 6.07) is 9.84. The second kappa shape index (κ2) is 8.91. The van der Waals surface area contributed by atoms with Crippen molar-refractivity contribution in [2.75, 3.05) is 0 Å². The zero-order chi connectivity index (χ0) is 29.2. The number of carboxylic acid groups (broad SMARTS) is 2. The van der Waals surface area contributed by atoms with E-state index in [-0.39, 0.29) is 22.5 Å². The Labute approximate surface area is 224 Å². The largest absolute Gasteiger partial charge is 0.494 e. The van der Waals surface area contributed by atoms with Crippen molar-refractivity contribution in [3.05, 3.63) is 93.3 Å². The Balaban J connectivity index is 1.84. The van der Waals surface area contributed by atoms with Crippen LogP contribution in [0, 0.1) is 0 Å². The molecule has 1 aliphatic carbocycles. The number of fused-ring (bicyclic) bond motifs is 2. The highest BCUT2D eigenvalue weighted by atomic mass is 16.4. The molecule has 0 aliphatic heterocycles. The number of aromatic hydroxyl groups is 2. The van der Waals surface area contributed by atoms with Crippen LogP contribution in [0.5, 0.6) is 11.8 Å². The number of aromatic nitrogens is 2. The van der Waals surface area contributed by atoms with E-state index in [0.29, 0.717) is 0 Å². The molecule has 1 aliphatic rings. The first-order chi connectivity index (χ1) is 18.9. The monoisotopic (exact) mass is 542 g/mol. The fourth-order valence-electron chi connectivity index (χ4n) is 4.90. The minimum Gasteiger partial charge on any atom is -0.494 e. The second-order valence-electron chi connectivity index (χ2n) is 8.99. The first-order valence-electron chi connectivity index (χ1n) is 11.6. The van der Waals surface area contributed by atoms with Gasteiger partial charge in [-0.3, -0.25) is 28.3 Å². The van der Waals surface area contributed by atoms with Gasteiger partial charge in [0.05, 0.1) is 33.4 Å². The van der Waals surface area contributed by atoms with Crippen molar-refractivity contribution in [2.24, 2.45) is 0 Å². The summed E-state index contributed by atoms with van der Waals surface area (Å²) in [6.07, 6.45) is 0. The number of nitrogens with zero attached hydrogens (tertiary/aromatic N) is 2. The standard InChI is InChI=1S/C28H18N2O10/c1-11(31)17-19-21(29(25(17)35)15-7-3-13(4-8-15)27(37)38)24(34)20-18(12(2)32)26(36)30(22(20)23(19)33)16-9-5-14(6-10-16)28(39)40/h3-10,35-36H,1-2H3,(H,37,38)(H,39,40). The molecule has 0 saturated carbocycles. The van der Waals surface area contributed by atoms with Crippen molar-refractivity contribution in [3.63, 3.8) is 0 Å². The molecule has 0 radical (unpaired) electrons. The Kier molecular flexibility index (Phi) is 5.76. The highest BCUT2D eigenvalue weighted by molar-refractivity contribution is 6.33. The molecule has 2 aromatic heterocycles. The van der Waals surface area contributed by atoms with Crippen LogP contribution in [0.15, 0.2) is 48.5 Å². The molecule has 0 bridgehead atoms. The Morgan fingerprint density at radius 2 is 0.875 bits per heavy atom. The third kappa shape index (κ3) is 3.54. The summed E-state index contributed by atoms with van der Waals surface area (Å²) in [7, 11) is 0. The summed E-state index contributed by atoms with van der Waals surface area (Å²) in [5.74, 6) is -7.42. The molecule has 0 fully saturated rings. The summed E-state index contributed by atoms with van der Waals surface area (Å²) in [6.45, 7) is 2.14. The lowest BCUT2D eigenvalue weighted by molar-refractivity contribution is 0.0686. The van der Waals surface area contributed by atoms with Gasteiger partial charge in [-0.05, 0) is 62.4 Å². The van der Waals surface area contributed by atoms with E-state index in [1.807, 2.05) is 0 Å². The minimum absolute atomic E-state index is 0.0492. The number of hydrogen-bond acceptors (Lipinski definition) is 8. The van der Waals surface area contributed by atoms with Gasteiger partial charge in [0.25, 0.3) is 0 Å². The van der Waals surface area contributed by atoms with Gasteiger partial charge in [-0.1, -0.05) is 0 Å². The molecule has 0 saturated heterocycles. The van der Waals surface area contributed by atoms with Gasteiger partial charge in [0.1, 0.15) is 11.4 Å². The van der Waals surface area contributed by atoms with Gasteiger partial charge < -0.3 is 20.4 Å². The normalized spacial score (nSPS) is 12.2. The molecule has 4 N–H and O–H groups in total. The zero-order valence-corrected chi connectivity index (χ0v) is 20.8. The van der Waals surface area contributed by atoms with E-state index in [1.165, 1.54) is 48.5 Å². The van der Waals surface area contributed by atoms with Crippen LogP contribution in [-0.4, -0.2) is 64.6 Å². The van der Waals surface area contributed by atoms with Gasteiger partial charge in [-0.15, -0.1) is 0 Å². The van der Waals surface area contributed by atoms with Crippen LogP contribution in [0.25, 0.3) is 11.4 Å². The average Bonchev–Trinajstić information content (AvgIpc) is 3.39. The number of ketones is 4. The van der Waals surface area contributed by atoms with E-state index < -0.39 is 80.5 Å². The van der Waals surface area contributed by atoms with Gasteiger partial charge in [0, 0.05) is 11.4 Å². The number of aromatic carboxylic acids is 2. The van der Waals surface area contributed by atoms with Crippen LogP contribution >= 0.6 is 0 Å². The molecule has 12 heteroatoms. The molecule has 0 spiro atoms. The smallest absolute Gasteiger partial charge is 0.335 e. The van der Waals surface area contributed by atoms with Crippen molar-refractivity contribution in [1.29, 1.82) is 0 Å². The molecule has 40 heavy (non-hydrogen) atoms. The molecular formula is C28H18N2O10. The molecule has 5 rings (SSSR count). The molecular weight excluding hydrogens is 524 g/mol. The average molecular weight is 542 g/mol. The first kappa shape index (κ1) is 25.9. The molecule has 4 aromatic rings. The van der Waals surface area contributed by atoms with Gasteiger partial charge in [-0.25, -0.2) is 9.59 Å². The Morgan fingerprint density at radius 1 is 0.575 bits per heavy atom. The van der Waals surface area contributed by atoms with Crippen molar-refractivity contribution in [2.45, 2.75) is 13.8 Å². The van der Waals surface area contributed by atoms with E-state index in [4.69, 9.17) is 0 Å². The SMILES string of the molecule is CC(=O)c1c2c(n(-c3ccc(C(=O)O)cc3)c1O)C(=O)c1c(C(C)=O)c(O)n(-c3ccc(C(=O)O)cc3)c1C2=O. The van der Waals surface area contributed by atoms with Crippen molar-refractivity contribution in [3.8, 4) is 23.1 Å². The number of hydrogen-bond donors (Lipinski definition) is 4. The van der Waals surface area contributed by atoms with Crippen molar-refractivity contribution < 1.29 is 49.2 Å². The maximum atomic E-state index is 14.0. The van der Waals surface area contributed by atoms with Crippen LogP contribution < -0.4 is 0 Å². The fourth-order valence-corrected chi connectivity index (χ4v) is 4.90. The van der Waals surface area contributed by atoms with Crippen molar-refractivity contribution in [1.82, 2.24) is 9.13 Å². The third-order valence-electron chi connectivity index (χ3n) is 6.62. The molecule has 12 nitrogen and oxygen atoms in total. The van der Waals surface area contributed by atoms with E-state index in [1.54, 1.807) is 0 Å². The Bertz CT molecular complexity index is 1700. The van der Waals surface area contributed by atoms with Gasteiger partial charge >= 0.3 is 11.9 Å². The maximum absolute atomic E-state index is 14.0. The maximum Gasteiger partial charge on any atom is 0.335 e. The van der Waals surface area contributed by atoms with Crippen molar-refractivity contribution >= 4 is 35.1 Å². The van der Waals surface area contributed by atoms with Crippen LogP contribution in [0.1, 0.15) is 87.4 Å². The van der Waals surface area contributed by atoms with Crippen LogP contribution in [0.4, 0.5) is 0 Å². The van der Waals surface area contributed by atoms with E-state index in [9.17, 15) is 49.2 Å².